The standard InChI is InChI=1S/C22H23F3N8/c23-22(24,25)13-1-8-17(12(9-13)10-26)30-19-18-20(33(11-28-18)16-6-7-16)32-21(31-19)29-15-4-2-14(27)3-5-15/h1,8-9,11,14-16H,2-7,27H2,(H2,29,30,31,32). The number of hydrogen-bond acceptors (Lipinski definition) is 7. The molecule has 4 N–H and O–H groups in total. The van der Waals surface area contributed by atoms with Crippen LogP contribution in [0.2, 0.25) is 0 Å². The first-order valence-electron chi connectivity index (χ1n) is 11.0. The summed E-state index contributed by atoms with van der Waals surface area (Å²) in [6, 6.07) is 5.57. The van der Waals surface area contributed by atoms with Crippen molar-refractivity contribution in [2.75, 3.05) is 10.6 Å². The van der Waals surface area contributed by atoms with E-state index in [2.05, 4.69) is 20.6 Å². The molecule has 0 amide bonds. The molecule has 0 atom stereocenters. The molecular formula is C22H23F3N8. The number of nitrogens with two attached hydrogens (primary N) is 1. The molecule has 11 heteroatoms. The van der Waals surface area contributed by atoms with E-state index in [0.717, 1.165) is 50.7 Å². The molecule has 0 bridgehead atoms. The second-order valence-corrected chi connectivity index (χ2v) is 8.70. The Morgan fingerprint density at radius 2 is 1.85 bits per heavy atom. The summed E-state index contributed by atoms with van der Waals surface area (Å²) in [6.45, 7) is 0. The summed E-state index contributed by atoms with van der Waals surface area (Å²) in [4.78, 5) is 13.7. The zero-order valence-corrected chi connectivity index (χ0v) is 17.7. The molecule has 2 aliphatic carbocycles. The lowest BCUT2D eigenvalue weighted by atomic mass is 9.92. The molecule has 2 aromatic heterocycles. The lowest BCUT2D eigenvalue weighted by molar-refractivity contribution is -0.137. The SMILES string of the molecule is N#Cc1cc(C(F)(F)F)ccc1Nc1nc(NC2CCC(N)CC2)nc2c1ncn2C1CC1. The van der Waals surface area contributed by atoms with Crippen molar-refractivity contribution < 1.29 is 13.2 Å². The molecule has 1 aromatic carbocycles. The van der Waals surface area contributed by atoms with Crippen molar-refractivity contribution in [1.29, 1.82) is 5.26 Å². The first-order valence-corrected chi connectivity index (χ1v) is 11.0. The summed E-state index contributed by atoms with van der Waals surface area (Å²) in [5.41, 5.74) is 6.37. The summed E-state index contributed by atoms with van der Waals surface area (Å²) < 4.78 is 41.2. The van der Waals surface area contributed by atoms with E-state index < -0.39 is 11.7 Å². The normalized spacial score (nSPS) is 21.1. The molecule has 2 fully saturated rings. The number of halogens is 3. The third-order valence-corrected chi connectivity index (χ3v) is 6.19. The van der Waals surface area contributed by atoms with Gasteiger partial charge in [-0.3, -0.25) is 0 Å². The van der Waals surface area contributed by atoms with Crippen LogP contribution in [0.5, 0.6) is 0 Å². The third-order valence-electron chi connectivity index (χ3n) is 6.19. The number of aromatic nitrogens is 4. The number of nitriles is 1. The van der Waals surface area contributed by atoms with Crippen LogP contribution in [-0.2, 0) is 6.18 Å². The molecule has 2 aliphatic rings. The number of alkyl halides is 3. The average molecular weight is 456 g/mol. The summed E-state index contributed by atoms with van der Waals surface area (Å²) >= 11 is 0. The van der Waals surface area contributed by atoms with Crippen LogP contribution in [0.4, 0.5) is 30.6 Å². The van der Waals surface area contributed by atoms with E-state index in [1.165, 1.54) is 6.07 Å². The van der Waals surface area contributed by atoms with Crippen molar-refractivity contribution in [3.8, 4) is 6.07 Å². The van der Waals surface area contributed by atoms with Crippen LogP contribution in [0, 0.1) is 11.3 Å². The van der Waals surface area contributed by atoms with E-state index >= 15 is 0 Å². The van der Waals surface area contributed by atoms with Crippen LogP contribution in [0.3, 0.4) is 0 Å². The number of anilines is 3. The Balaban J connectivity index is 1.51. The molecule has 0 aliphatic heterocycles. The fraction of sp³-hybridized carbons (Fsp3) is 0.455. The molecule has 0 saturated heterocycles. The second kappa shape index (κ2) is 8.19. The van der Waals surface area contributed by atoms with Gasteiger partial charge in [-0.15, -0.1) is 0 Å². The molecular weight excluding hydrogens is 433 g/mol. The van der Waals surface area contributed by atoms with Gasteiger partial charge in [0.25, 0.3) is 0 Å². The number of nitrogens with one attached hydrogen (secondary N) is 2. The molecule has 3 aromatic rings. The highest BCUT2D eigenvalue weighted by Crippen LogP contribution is 2.38. The van der Waals surface area contributed by atoms with Crippen molar-refractivity contribution >= 4 is 28.6 Å². The minimum absolute atomic E-state index is 0.131. The Labute approximate surface area is 188 Å². The molecule has 2 heterocycles. The van der Waals surface area contributed by atoms with E-state index in [0.29, 0.717) is 29.0 Å². The van der Waals surface area contributed by atoms with E-state index in [4.69, 9.17) is 10.7 Å². The van der Waals surface area contributed by atoms with Gasteiger partial charge in [-0.1, -0.05) is 0 Å². The van der Waals surface area contributed by atoms with Gasteiger partial charge in [0.05, 0.1) is 23.1 Å². The van der Waals surface area contributed by atoms with Crippen LogP contribution < -0.4 is 16.4 Å². The predicted molar refractivity (Wildman–Crippen MR) is 117 cm³/mol. The van der Waals surface area contributed by atoms with Crippen molar-refractivity contribution in [2.45, 2.75) is 62.8 Å². The van der Waals surface area contributed by atoms with Gasteiger partial charge < -0.3 is 20.9 Å². The third kappa shape index (κ3) is 4.43. The fourth-order valence-corrected chi connectivity index (χ4v) is 4.18. The summed E-state index contributed by atoms with van der Waals surface area (Å²) in [6.07, 6.45) is 2.91. The largest absolute Gasteiger partial charge is 0.416 e. The zero-order valence-electron chi connectivity index (χ0n) is 17.7. The fourth-order valence-electron chi connectivity index (χ4n) is 4.18. The first kappa shape index (κ1) is 21.5. The lowest BCUT2D eigenvalue weighted by Gasteiger charge is -2.26. The molecule has 172 valence electrons. The van der Waals surface area contributed by atoms with Gasteiger partial charge >= 0.3 is 6.18 Å². The smallest absolute Gasteiger partial charge is 0.351 e. The first-order chi connectivity index (χ1) is 15.8. The highest BCUT2D eigenvalue weighted by Gasteiger charge is 2.31. The Bertz CT molecular complexity index is 1220. The lowest BCUT2D eigenvalue weighted by Crippen LogP contribution is -2.33. The molecule has 5 rings (SSSR count). The Hall–Kier alpha value is -3.39. The maximum absolute atomic E-state index is 13.1. The average Bonchev–Trinajstić information content (AvgIpc) is 3.54. The summed E-state index contributed by atoms with van der Waals surface area (Å²) in [5, 5.41) is 15.9. The van der Waals surface area contributed by atoms with Gasteiger partial charge in [-0.05, 0) is 56.7 Å². The monoisotopic (exact) mass is 456 g/mol. The van der Waals surface area contributed by atoms with Gasteiger partial charge in [0.15, 0.2) is 17.0 Å². The van der Waals surface area contributed by atoms with Gasteiger partial charge in [0.1, 0.15) is 6.07 Å². The molecule has 33 heavy (non-hydrogen) atoms. The molecule has 0 radical (unpaired) electrons. The van der Waals surface area contributed by atoms with Crippen molar-refractivity contribution in [1.82, 2.24) is 19.5 Å². The van der Waals surface area contributed by atoms with Crippen molar-refractivity contribution in [3.63, 3.8) is 0 Å². The molecule has 0 spiro atoms. The minimum atomic E-state index is -4.53. The maximum atomic E-state index is 13.1. The van der Waals surface area contributed by atoms with Crippen LogP contribution >= 0.6 is 0 Å². The highest BCUT2D eigenvalue weighted by molar-refractivity contribution is 5.87. The predicted octanol–water partition coefficient (Wildman–Crippen LogP) is 4.48. The van der Waals surface area contributed by atoms with Crippen LogP contribution in [0.15, 0.2) is 24.5 Å². The number of hydrogen-bond donors (Lipinski definition) is 3. The molecule has 8 nitrogen and oxygen atoms in total. The van der Waals surface area contributed by atoms with Crippen LogP contribution in [-0.4, -0.2) is 31.6 Å². The Kier molecular flexibility index (Phi) is 5.32. The zero-order chi connectivity index (χ0) is 23.2. The topological polar surface area (TPSA) is 117 Å². The van der Waals surface area contributed by atoms with E-state index in [1.807, 2.05) is 10.6 Å². The number of rotatable bonds is 5. The van der Waals surface area contributed by atoms with Crippen molar-refractivity contribution in [2.24, 2.45) is 5.73 Å². The summed E-state index contributed by atoms with van der Waals surface area (Å²) in [5.74, 6) is 0.754. The van der Waals surface area contributed by atoms with Gasteiger partial charge in [-0.2, -0.15) is 28.4 Å². The van der Waals surface area contributed by atoms with Gasteiger partial charge in [0.2, 0.25) is 5.95 Å². The van der Waals surface area contributed by atoms with Gasteiger partial charge in [-0.25, -0.2) is 4.98 Å². The Morgan fingerprint density at radius 1 is 1.09 bits per heavy atom. The van der Waals surface area contributed by atoms with Crippen LogP contribution in [0.1, 0.15) is 55.7 Å². The number of fused-ring (bicyclic) bond motifs is 1. The van der Waals surface area contributed by atoms with E-state index in [9.17, 15) is 18.4 Å². The maximum Gasteiger partial charge on any atom is 0.416 e. The van der Waals surface area contributed by atoms with E-state index in [1.54, 1.807) is 6.33 Å². The highest BCUT2D eigenvalue weighted by atomic mass is 19.4. The quantitative estimate of drug-likeness (QED) is 0.518. The van der Waals surface area contributed by atoms with Gasteiger partial charge in [0, 0.05) is 18.1 Å². The second-order valence-electron chi connectivity index (χ2n) is 8.70. The van der Waals surface area contributed by atoms with E-state index in [-0.39, 0.29) is 23.3 Å². The number of imidazole rings is 1. The van der Waals surface area contributed by atoms with Crippen molar-refractivity contribution in [3.05, 3.63) is 35.7 Å². The Morgan fingerprint density at radius 3 is 2.52 bits per heavy atom. The summed E-state index contributed by atoms with van der Waals surface area (Å²) in [7, 11) is 0. The van der Waals surface area contributed by atoms with Crippen LogP contribution in [0.25, 0.3) is 11.2 Å². The number of nitrogens with zero attached hydrogens (tertiary/aromatic N) is 5. The minimum Gasteiger partial charge on any atom is -0.351 e. The molecule has 0 unspecified atom stereocenters. The number of benzene rings is 1. The molecule has 2 saturated carbocycles.